The molecule has 2 aromatic rings. The summed E-state index contributed by atoms with van der Waals surface area (Å²) in [5, 5.41) is 10.8. The summed E-state index contributed by atoms with van der Waals surface area (Å²) in [6.45, 7) is 3.68. The van der Waals surface area contributed by atoms with Crippen molar-refractivity contribution in [1.82, 2.24) is 9.80 Å². The summed E-state index contributed by atoms with van der Waals surface area (Å²) in [7, 11) is 0. The molecule has 2 aromatic carbocycles. The molecule has 0 bridgehead atoms. The van der Waals surface area contributed by atoms with Gasteiger partial charge in [-0.2, -0.15) is 0 Å². The summed E-state index contributed by atoms with van der Waals surface area (Å²) < 4.78 is 0. The Kier molecular flexibility index (Phi) is 5.15. The topological polar surface area (TPSA) is 64.1 Å². The molecule has 1 aliphatic carbocycles. The molecule has 0 radical (unpaired) electrons. The summed E-state index contributed by atoms with van der Waals surface area (Å²) in [5.41, 5.74) is 3.21. The zero-order chi connectivity index (χ0) is 21.6. The number of aliphatic hydroxyl groups is 1. The van der Waals surface area contributed by atoms with Gasteiger partial charge in [0.2, 0.25) is 0 Å². The highest BCUT2D eigenvalue weighted by molar-refractivity contribution is 6.30. The van der Waals surface area contributed by atoms with Gasteiger partial charge in [-0.3, -0.25) is 9.59 Å². The zero-order valence-corrected chi connectivity index (χ0v) is 18.1. The second-order valence-corrected chi connectivity index (χ2v) is 9.18. The molecule has 2 amide bonds. The highest BCUT2D eigenvalue weighted by atomic mass is 35.5. The Balaban J connectivity index is 1.20. The number of hydrogen-bond acceptors (Lipinski definition) is 4. The fraction of sp³-hybridized carbons (Fsp3) is 0.417. The van der Waals surface area contributed by atoms with E-state index in [9.17, 15) is 14.7 Å². The first-order valence-corrected chi connectivity index (χ1v) is 11.2. The molecule has 2 fully saturated rings. The third-order valence-electron chi connectivity index (χ3n) is 6.64. The minimum absolute atomic E-state index is 0.0143. The Hall–Kier alpha value is -2.57. The van der Waals surface area contributed by atoms with Crippen LogP contribution in [0.15, 0.2) is 42.5 Å². The third-order valence-corrected chi connectivity index (χ3v) is 6.87. The highest BCUT2D eigenvalue weighted by Crippen LogP contribution is 2.37. The number of nitrogens with zero attached hydrogens (tertiary/aromatic N) is 3. The number of amides is 2. The maximum atomic E-state index is 12.9. The molecule has 3 aliphatic rings. The van der Waals surface area contributed by atoms with Crippen molar-refractivity contribution in [2.24, 2.45) is 0 Å². The van der Waals surface area contributed by atoms with Crippen LogP contribution in [0.2, 0.25) is 5.02 Å². The van der Waals surface area contributed by atoms with Crippen LogP contribution in [-0.2, 0) is 17.8 Å². The van der Waals surface area contributed by atoms with Crippen molar-refractivity contribution >= 4 is 29.1 Å². The molecule has 7 heteroatoms. The fourth-order valence-corrected chi connectivity index (χ4v) is 4.68. The van der Waals surface area contributed by atoms with Crippen molar-refractivity contribution < 1.29 is 14.7 Å². The first kappa shape index (κ1) is 20.3. The Labute approximate surface area is 187 Å². The van der Waals surface area contributed by atoms with Gasteiger partial charge in [0, 0.05) is 55.5 Å². The molecule has 0 atom stereocenters. The Morgan fingerprint density at radius 1 is 0.871 bits per heavy atom. The van der Waals surface area contributed by atoms with E-state index in [1.165, 1.54) is 11.1 Å². The van der Waals surface area contributed by atoms with E-state index in [0.29, 0.717) is 44.6 Å². The molecular formula is C24H26ClN3O3. The van der Waals surface area contributed by atoms with Gasteiger partial charge in [-0.15, -0.1) is 0 Å². The maximum absolute atomic E-state index is 12.9. The summed E-state index contributed by atoms with van der Waals surface area (Å²) in [6, 6.07) is 13.9. The van der Waals surface area contributed by atoms with E-state index in [-0.39, 0.29) is 11.8 Å². The van der Waals surface area contributed by atoms with Gasteiger partial charge in [0.25, 0.3) is 11.8 Å². The van der Waals surface area contributed by atoms with E-state index < -0.39 is 5.60 Å². The zero-order valence-electron chi connectivity index (χ0n) is 17.4. The minimum Gasteiger partial charge on any atom is -0.380 e. The highest BCUT2D eigenvalue weighted by Gasteiger charge is 2.50. The SMILES string of the molecule is O=C(c1ccc(N2CCc3ccc(Cl)cc3C2)cc1)N1CCN(C(=O)C2(O)CC2)CC1. The summed E-state index contributed by atoms with van der Waals surface area (Å²) in [6.07, 6.45) is 2.07. The van der Waals surface area contributed by atoms with Crippen LogP contribution in [0.25, 0.3) is 0 Å². The van der Waals surface area contributed by atoms with Crippen LogP contribution in [0, 0.1) is 0 Å². The summed E-state index contributed by atoms with van der Waals surface area (Å²) >= 11 is 6.16. The van der Waals surface area contributed by atoms with Crippen molar-refractivity contribution in [2.75, 3.05) is 37.6 Å². The largest absolute Gasteiger partial charge is 0.380 e. The van der Waals surface area contributed by atoms with E-state index >= 15 is 0 Å². The predicted molar refractivity (Wildman–Crippen MR) is 119 cm³/mol. The average Bonchev–Trinajstić information content (AvgIpc) is 3.56. The maximum Gasteiger partial charge on any atom is 0.254 e. The Morgan fingerprint density at radius 3 is 2.23 bits per heavy atom. The molecule has 1 N–H and O–H groups in total. The lowest BCUT2D eigenvalue weighted by Gasteiger charge is -2.36. The molecule has 2 aliphatic heterocycles. The van der Waals surface area contributed by atoms with Gasteiger partial charge in [0.15, 0.2) is 0 Å². The lowest BCUT2D eigenvalue weighted by atomic mass is 9.99. The van der Waals surface area contributed by atoms with E-state index in [4.69, 9.17) is 11.6 Å². The van der Waals surface area contributed by atoms with E-state index in [1.54, 1.807) is 9.80 Å². The second-order valence-electron chi connectivity index (χ2n) is 8.75. The van der Waals surface area contributed by atoms with Crippen molar-refractivity contribution in [3.05, 3.63) is 64.2 Å². The van der Waals surface area contributed by atoms with Gasteiger partial charge < -0.3 is 19.8 Å². The molecule has 162 valence electrons. The molecule has 1 saturated heterocycles. The molecule has 2 heterocycles. The quantitative estimate of drug-likeness (QED) is 0.798. The molecule has 5 rings (SSSR count). The summed E-state index contributed by atoms with van der Waals surface area (Å²) in [5.74, 6) is -0.201. The van der Waals surface area contributed by atoms with Gasteiger partial charge in [-0.1, -0.05) is 17.7 Å². The van der Waals surface area contributed by atoms with Crippen LogP contribution < -0.4 is 4.90 Å². The van der Waals surface area contributed by atoms with Crippen LogP contribution in [0.1, 0.15) is 34.3 Å². The van der Waals surface area contributed by atoms with Gasteiger partial charge >= 0.3 is 0 Å². The van der Waals surface area contributed by atoms with Crippen molar-refractivity contribution in [3.63, 3.8) is 0 Å². The summed E-state index contributed by atoms with van der Waals surface area (Å²) in [4.78, 5) is 31.0. The first-order chi connectivity index (χ1) is 14.9. The molecule has 0 spiro atoms. The Bertz CT molecular complexity index is 1010. The number of carbonyl (C=O) groups is 2. The molecule has 31 heavy (non-hydrogen) atoms. The van der Waals surface area contributed by atoms with Gasteiger partial charge in [-0.05, 0) is 66.8 Å². The normalized spacial score (nSPS) is 19.7. The van der Waals surface area contributed by atoms with Crippen molar-refractivity contribution in [2.45, 2.75) is 31.4 Å². The lowest BCUT2D eigenvalue weighted by Crippen LogP contribution is -2.53. The van der Waals surface area contributed by atoms with E-state index in [2.05, 4.69) is 11.0 Å². The third kappa shape index (κ3) is 4.02. The lowest BCUT2D eigenvalue weighted by molar-refractivity contribution is -0.143. The van der Waals surface area contributed by atoms with Crippen LogP contribution in [-0.4, -0.2) is 65.0 Å². The van der Waals surface area contributed by atoms with Gasteiger partial charge in [0.1, 0.15) is 5.60 Å². The number of fused-ring (bicyclic) bond motifs is 1. The van der Waals surface area contributed by atoms with Crippen LogP contribution >= 0.6 is 11.6 Å². The molecule has 0 aromatic heterocycles. The molecule has 1 saturated carbocycles. The van der Waals surface area contributed by atoms with Crippen LogP contribution in [0.3, 0.4) is 0 Å². The van der Waals surface area contributed by atoms with E-state index in [0.717, 1.165) is 30.2 Å². The molecule has 6 nitrogen and oxygen atoms in total. The number of hydrogen-bond donors (Lipinski definition) is 1. The van der Waals surface area contributed by atoms with Crippen molar-refractivity contribution in [1.29, 1.82) is 0 Å². The van der Waals surface area contributed by atoms with Crippen LogP contribution in [0.5, 0.6) is 0 Å². The number of piperazine rings is 1. The average molecular weight is 440 g/mol. The number of rotatable bonds is 3. The van der Waals surface area contributed by atoms with Gasteiger partial charge in [-0.25, -0.2) is 0 Å². The minimum atomic E-state index is -1.14. The smallest absolute Gasteiger partial charge is 0.254 e. The number of carbonyl (C=O) groups excluding carboxylic acids is 2. The van der Waals surface area contributed by atoms with Gasteiger partial charge in [0.05, 0.1) is 0 Å². The molecular weight excluding hydrogens is 414 g/mol. The molecule has 0 unspecified atom stereocenters. The Morgan fingerprint density at radius 2 is 1.55 bits per heavy atom. The van der Waals surface area contributed by atoms with E-state index in [1.807, 2.05) is 36.4 Å². The predicted octanol–water partition coefficient (Wildman–Crippen LogP) is 2.71. The standard InChI is InChI=1S/C24H26ClN3O3/c25-20-4-1-17-7-10-28(16-19(17)15-20)21-5-2-18(3-6-21)22(29)26-11-13-27(14-12-26)23(30)24(31)8-9-24/h1-6,15,31H,7-14,16H2. The number of benzene rings is 2. The number of halogens is 1. The number of anilines is 1. The second kappa shape index (κ2) is 7.84. The van der Waals surface area contributed by atoms with Crippen molar-refractivity contribution in [3.8, 4) is 0 Å². The van der Waals surface area contributed by atoms with Crippen LogP contribution in [0.4, 0.5) is 5.69 Å². The first-order valence-electron chi connectivity index (χ1n) is 10.9. The fourth-order valence-electron chi connectivity index (χ4n) is 4.48. The monoisotopic (exact) mass is 439 g/mol.